The number of rotatable bonds is 0. The summed E-state index contributed by atoms with van der Waals surface area (Å²) >= 11 is 5.90. The van der Waals surface area contributed by atoms with Crippen LogP contribution in [-0.2, 0) is 4.79 Å². The molecule has 4 heteroatoms. The molecule has 0 aliphatic carbocycles. The van der Waals surface area contributed by atoms with Gasteiger partial charge in [0.1, 0.15) is 6.04 Å². The Morgan fingerprint density at radius 2 is 2.33 bits per heavy atom. The summed E-state index contributed by atoms with van der Waals surface area (Å²) < 4.78 is 0. The molecular formula is C11H11ClN2O. The highest BCUT2D eigenvalue weighted by molar-refractivity contribution is 6.31. The van der Waals surface area contributed by atoms with Gasteiger partial charge in [0, 0.05) is 11.6 Å². The third-order valence-corrected chi connectivity index (χ3v) is 3.32. The van der Waals surface area contributed by atoms with E-state index in [1.807, 2.05) is 18.2 Å². The average molecular weight is 223 g/mol. The van der Waals surface area contributed by atoms with Crippen LogP contribution in [0, 0.1) is 0 Å². The lowest BCUT2D eigenvalue weighted by Crippen LogP contribution is -2.43. The number of fused-ring (bicyclic) bond motifs is 3. The fourth-order valence-corrected chi connectivity index (χ4v) is 2.57. The molecule has 1 unspecified atom stereocenters. The van der Waals surface area contributed by atoms with Crippen molar-refractivity contribution in [1.29, 1.82) is 0 Å². The molecular weight excluding hydrogens is 212 g/mol. The van der Waals surface area contributed by atoms with E-state index in [0.717, 1.165) is 30.8 Å². The van der Waals surface area contributed by atoms with Crippen LogP contribution in [0.25, 0.3) is 0 Å². The molecule has 0 saturated carbocycles. The second-order valence-electron chi connectivity index (χ2n) is 4.00. The maximum atomic E-state index is 11.8. The van der Waals surface area contributed by atoms with E-state index in [1.165, 1.54) is 0 Å². The van der Waals surface area contributed by atoms with Crippen molar-refractivity contribution >= 4 is 28.9 Å². The van der Waals surface area contributed by atoms with E-state index < -0.39 is 0 Å². The average Bonchev–Trinajstić information content (AvgIpc) is 2.66. The number of anilines is 2. The predicted octanol–water partition coefficient (Wildman–Crippen LogP) is 2.26. The minimum absolute atomic E-state index is 0.0266. The van der Waals surface area contributed by atoms with Crippen molar-refractivity contribution in [2.45, 2.75) is 18.9 Å². The summed E-state index contributed by atoms with van der Waals surface area (Å²) in [6.45, 7) is 0.965. The van der Waals surface area contributed by atoms with Crippen molar-refractivity contribution in [2.75, 3.05) is 16.8 Å². The molecule has 15 heavy (non-hydrogen) atoms. The van der Waals surface area contributed by atoms with E-state index in [2.05, 4.69) is 10.2 Å². The van der Waals surface area contributed by atoms with Crippen LogP contribution in [0.1, 0.15) is 12.8 Å². The van der Waals surface area contributed by atoms with Gasteiger partial charge in [-0.25, -0.2) is 0 Å². The molecule has 3 nitrogen and oxygen atoms in total. The molecule has 2 aliphatic heterocycles. The number of carbonyl (C=O) groups is 1. The largest absolute Gasteiger partial charge is 0.358 e. The number of benzene rings is 1. The summed E-state index contributed by atoms with van der Waals surface area (Å²) in [5, 5.41) is 3.57. The molecule has 2 heterocycles. The second kappa shape index (κ2) is 3.14. The Hall–Kier alpha value is -1.22. The molecule has 3 rings (SSSR count). The molecule has 0 bridgehead atoms. The van der Waals surface area contributed by atoms with Gasteiger partial charge >= 0.3 is 0 Å². The van der Waals surface area contributed by atoms with Gasteiger partial charge in [-0.3, -0.25) is 4.79 Å². The third-order valence-electron chi connectivity index (χ3n) is 3.08. The van der Waals surface area contributed by atoms with E-state index in [9.17, 15) is 4.79 Å². The molecule has 0 aromatic heterocycles. The van der Waals surface area contributed by atoms with E-state index in [-0.39, 0.29) is 11.9 Å². The standard InChI is InChI=1S/C11H11ClN2O/c12-7-3-4-9-8(6-7)13-11(15)10-2-1-5-14(9)10/h3-4,6,10H,1-2,5H2,(H,13,15). The number of carbonyl (C=O) groups excluding carboxylic acids is 1. The monoisotopic (exact) mass is 222 g/mol. The first-order valence-electron chi connectivity index (χ1n) is 5.13. The first-order valence-corrected chi connectivity index (χ1v) is 5.50. The van der Waals surface area contributed by atoms with Crippen LogP contribution < -0.4 is 10.2 Å². The molecule has 1 saturated heterocycles. The normalized spacial score (nSPS) is 23.4. The molecule has 0 radical (unpaired) electrons. The van der Waals surface area contributed by atoms with Crippen molar-refractivity contribution in [1.82, 2.24) is 0 Å². The Kier molecular flexibility index (Phi) is 1.89. The molecule has 1 N–H and O–H groups in total. The summed E-state index contributed by atoms with van der Waals surface area (Å²) in [5.41, 5.74) is 1.94. The van der Waals surface area contributed by atoms with Crippen LogP contribution in [0.3, 0.4) is 0 Å². The Balaban J connectivity index is 2.11. The predicted molar refractivity (Wildman–Crippen MR) is 60.4 cm³/mol. The summed E-state index contributed by atoms with van der Waals surface area (Å²) in [6.07, 6.45) is 2.04. The molecule has 78 valence electrons. The van der Waals surface area contributed by atoms with Crippen LogP contribution in [0.2, 0.25) is 5.02 Å². The molecule has 1 aromatic rings. The molecule has 0 spiro atoms. The topological polar surface area (TPSA) is 32.3 Å². The van der Waals surface area contributed by atoms with Gasteiger partial charge in [0.25, 0.3) is 0 Å². The maximum absolute atomic E-state index is 11.8. The quantitative estimate of drug-likeness (QED) is 0.730. The van der Waals surface area contributed by atoms with Gasteiger partial charge < -0.3 is 10.2 Å². The minimum atomic E-state index is 0.0266. The number of halogens is 1. The van der Waals surface area contributed by atoms with Gasteiger partial charge in [0.15, 0.2) is 0 Å². The number of nitrogens with one attached hydrogen (secondary N) is 1. The Morgan fingerprint density at radius 1 is 1.47 bits per heavy atom. The maximum Gasteiger partial charge on any atom is 0.247 e. The zero-order chi connectivity index (χ0) is 10.4. The highest BCUT2D eigenvalue weighted by Crippen LogP contribution is 2.37. The van der Waals surface area contributed by atoms with Crippen LogP contribution in [0.15, 0.2) is 18.2 Å². The lowest BCUT2D eigenvalue weighted by Gasteiger charge is -2.32. The summed E-state index contributed by atoms with van der Waals surface area (Å²) in [5.74, 6) is 0.0993. The lowest BCUT2D eigenvalue weighted by molar-refractivity contribution is -0.117. The minimum Gasteiger partial charge on any atom is -0.358 e. The van der Waals surface area contributed by atoms with Crippen molar-refractivity contribution in [3.05, 3.63) is 23.2 Å². The van der Waals surface area contributed by atoms with Gasteiger partial charge in [0.2, 0.25) is 5.91 Å². The summed E-state index contributed by atoms with van der Waals surface area (Å²) in [7, 11) is 0. The van der Waals surface area contributed by atoms with E-state index in [4.69, 9.17) is 11.6 Å². The fourth-order valence-electron chi connectivity index (χ4n) is 2.40. The number of nitrogens with zero attached hydrogens (tertiary/aromatic N) is 1. The SMILES string of the molecule is O=C1Nc2cc(Cl)ccc2N2CCCC12. The Bertz CT molecular complexity index is 433. The summed E-state index contributed by atoms with van der Waals surface area (Å²) in [6, 6.07) is 5.69. The van der Waals surface area contributed by atoms with Crippen LogP contribution in [0.5, 0.6) is 0 Å². The number of amides is 1. The van der Waals surface area contributed by atoms with Crippen LogP contribution >= 0.6 is 11.6 Å². The van der Waals surface area contributed by atoms with Gasteiger partial charge in [-0.1, -0.05) is 11.6 Å². The fraction of sp³-hybridized carbons (Fsp3) is 0.364. The van der Waals surface area contributed by atoms with E-state index >= 15 is 0 Å². The van der Waals surface area contributed by atoms with Gasteiger partial charge in [-0.2, -0.15) is 0 Å². The highest BCUT2D eigenvalue weighted by atomic mass is 35.5. The number of hydrogen-bond acceptors (Lipinski definition) is 2. The third kappa shape index (κ3) is 1.30. The first kappa shape index (κ1) is 9.04. The van der Waals surface area contributed by atoms with Crippen molar-refractivity contribution in [2.24, 2.45) is 0 Å². The molecule has 1 atom stereocenters. The zero-order valence-electron chi connectivity index (χ0n) is 8.16. The molecule has 1 aromatic carbocycles. The number of hydrogen-bond donors (Lipinski definition) is 1. The first-order chi connectivity index (χ1) is 7.25. The summed E-state index contributed by atoms with van der Waals surface area (Å²) in [4.78, 5) is 13.9. The second-order valence-corrected chi connectivity index (χ2v) is 4.44. The zero-order valence-corrected chi connectivity index (χ0v) is 8.92. The van der Waals surface area contributed by atoms with Crippen LogP contribution in [0.4, 0.5) is 11.4 Å². The van der Waals surface area contributed by atoms with Gasteiger partial charge in [-0.05, 0) is 31.0 Å². The van der Waals surface area contributed by atoms with E-state index in [1.54, 1.807) is 0 Å². The molecule has 2 aliphatic rings. The molecule has 1 fully saturated rings. The van der Waals surface area contributed by atoms with Crippen LogP contribution in [-0.4, -0.2) is 18.5 Å². The smallest absolute Gasteiger partial charge is 0.247 e. The van der Waals surface area contributed by atoms with Crippen molar-refractivity contribution < 1.29 is 4.79 Å². The van der Waals surface area contributed by atoms with E-state index in [0.29, 0.717) is 5.02 Å². The van der Waals surface area contributed by atoms with Gasteiger partial charge in [-0.15, -0.1) is 0 Å². The Morgan fingerprint density at radius 3 is 3.20 bits per heavy atom. The van der Waals surface area contributed by atoms with Crippen molar-refractivity contribution in [3.8, 4) is 0 Å². The highest BCUT2D eigenvalue weighted by Gasteiger charge is 2.35. The molecule has 1 amide bonds. The lowest BCUT2D eigenvalue weighted by atomic mass is 10.1. The van der Waals surface area contributed by atoms with Gasteiger partial charge in [0.05, 0.1) is 11.4 Å². The Labute approximate surface area is 93.0 Å². The van der Waals surface area contributed by atoms with Crippen molar-refractivity contribution in [3.63, 3.8) is 0 Å².